The van der Waals surface area contributed by atoms with Crippen LogP contribution in [0.2, 0.25) is 0 Å². The number of hydrogen-bond acceptors (Lipinski definition) is 3. The Morgan fingerprint density at radius 2 is 2.10 bits per heavy atom. The lowest BCUT2D eigenvalue weighted by molar-refractivity contribution is 0.0702. The molecule has 0 aliphatic heterocycles. The molecule has 0 saturated carbocycles. The minimum Gasteiger partial charge on any atom is -0.489 e. The van der Waals surface area contributed by atoms with Gasteiger partial charge in [-0.2, -0.15) is 0 Å². The molecular weight excluding hydrogens is 284 g/mol. The lowest BCUT2D eigenvalue weighted by atomic mass is 9.98. The van der Waals surface area contributed by atoms with Gasteiger partial charge in [-0.1, -0.05) is 32.0 Å². The second kappa shape index (κ2) is 6.76. The van der Waals surface area contributed by atoms with E-state index in [1.807, 2.05) is 25.1 Å². The molecule has 2 aromatic rings. The first-order chi connectivity index (χ1) is 10.0. The number of aromatic carboxylic acids is 1. The van der Waals surface area contributed by atoms with E-state index in [2.05, 4.69) is 19.9 Å². The van der Waals surface area contributed by atoms with Crippen molar-refractivity contribution in [2.45, 2.75) is 39.7 Å². The van der Waals surface area contributed by atoms with Crippen molar-refractivity contribution in [3.05, 3.63) is 51.2 Å². The van der Waals surface area contributed by atoms with Gasteiger partial charge in [-0.25, -0.2) is 4.79 Å². The van der Waals surface area contributed by atoms with Crippen LogP contribution in [0.4, 0.5) is 0 Å². The van der Waals surface area contributed by atoms with E-state index in [1.54, 1.807) is 6.07 Å². The Labute approximate surface area is 129 Å². The molecule has 21 heavy (non-hydrogen) atoms. The molecule has 0 amide bonds. The van der Waals surface area contributed by atoms with Crippen LogP contribution in [0.3, 0.4) is 0 Å². The van der Waals surface area contributed by atoms with E-state index in [0.29, 0.717) is 17.4 Å². The fourth-order valence-electron chi connectivity index (χ4n) is 2.16. The first-order valence-electron chi connectivity index (χ1n) is 7.07. The van der Waals surface area contributed by atoms with Crippen LogP contribution in [-0.2, 0) is 6.61 Å². The van der Waals surface area contributed by atoms with Gasteiger partial charge in [-0.05, 0) is 37.0 Å². The second-order valence-corrected chi connectivity index (χ2v) is 6.39. The Morgan fingerprint density at radius 1 is 1.38 bits per heavy atom. The number of thiophene rings is 1. The normalized spacial score (nSPS) is 12.1. The number of para-hydroxylation sites is 1. The molecule has 1 N–H and O–H groups in total. The van der Waals surface area contributed by atoms with Crippen LogP contribution < -0.4 is 4.74 Å². The van der Waals surface area contributed by atoms with Crippen molar-refractivity contribution in [1.29, 1.82) is 0 Å². The second-order valence-electron chi connectivity index (χ2n) is 5.13. The highest BCUT2D eigenvalue weighted by atomic mass is 32.1. The third-order valence-corrected chi connectivity index (χ3v) is 4.76. The predicted molar refractivity (Wildman–Crippen MR) is 85.5 cm³/mol. The number of carboxylic acid groups (broad SMARTS) is 1. The summed E-state index contributed by atoms with van der Waals surface area (Å²) in [5.74, 6) is 0.447. The molecule has 3 nitrogen and oxygen atoms in total. The maximum Gasteiger partial charge on any atom is 0.345 e. The van der Waals surface area contributed by atoms with Crippen molar-refractivity contribution in [3.63, 3.8) is 0 Å². The summed E-state index contributed by atoms with van der Waals surface area (Å²) in [6, 6.07) is 9.75. The van der Waals surface area contributed by atoms with Crippen molar-refractivity contribution < 1.29 is 14.6 Å². The number of benzene rings is 1. The Hall–Kier alpha value is -1.81. The Bertz CT molecular complexity index is 631. The van der Waals surface area contributed by atoms with Crippen molar-refractivity contribution >= 4 is 17.3 Å². The van der Waals surface area contributed by atoms with Crippen LogP contribution in [0.1, 0.15) is 51.9 Å². The summed E-state index contributed by atoms with van der Waals surface area (Å²) in [5.41, 5.74) is 2.14. The summed E-state index contributed by atoms with van der Waals surface area (Å²) in [6.07, 6.45) is 1.06. The molecule has 1 atom stereocenters. The van der Waals surface area contributed by atoms with Gasteiger partial charge in [0.15, 0.2) is 0 Å². The molecule has 1 unspecified atom stereocenters. The van der Waals surface area contributed by atoms with Crippen molar-refractivity contribution in [3.8, 4) is 5.75 Å². The van der Waals surface area contributed by atoms with Crippen molar-refractivity contribution in [1.82, 2.24) is 0 Å². The molecule has 1 aromatic carbocycles. The van der Waals surface area contributed by atoms with Gasteiger partial charge in [0.1, 0.15) is 17.2 Å². The zero-order valence-corrected chi connectivity index (χ0v) is 13.4. The zero-order valence-electron chi connectivity index (χ0n) is 12.6. The summed E-state index contributed by atoms with van der Waals surface area (Å²) in [4.78, 5) is 12.3. The van der Waals surface area contributed by atoms with Gasteiger partial charge in [-0.3, -0.25) is 0 Å². The van der Waals surface area contributed by atoms with Gasteiger partial charge in [0.2, 0.25) is 0 Å². The van der Waals surface area contributed by atoms with E-state index >= 15 is 0 Å². The molecule has 2 rings (SSSR count). The Kier molecular flexibility index (Phi) is 5.02. The minimum atomic E-state index is -0.880. The number of aryl methyl sites for hydroxylation is 1. The number of ether oxygens (including phenoxy) is 1. The number of carboxylic acids is 1. The molecule has 1 aromatic heterocycles. The summed E-state index contributed by atoms with van der Waals surface area (Å²) in [7, 11) is 0. The monoisotopic (exact) mass is 304 g/mol. The van der Waals surface area contributed by atoms with Gasteiger partial charge in [0, 0.05) is 10.4 Å². The zero-order chi connectivity index (χ0) is 15.4. The van der Waals surface area contributed by atoms with Gasteiger partial charge in [0.25, 0.3) is 0 Å². The van der Waals surface area contributed by atoms with Gasteiger partial charge in [-0.15, -0.1) is 11.3 Å². The summed E-state index contributed by atoms with van der Waals surface area (Å²) >= 11 is 1.29. The van der Waals surface area contributed by atoms with E-state index in [9.17, 15) is 4.79 Å². The van der Waals surface area contributed by atoms with E-state index in [4.69, 9.17) is 9.84 Å². The lowest BCUT2D eigenvalue weighted by Gasteiger charge is -2.15. The highest BCUT2D eigenvalue weighted by Crippen LogP contribution is 2.30. The first-order valence-corrected chi connectivity index (χ1v) is 7.88. The van der Waals surface area contributed by atoms with Gasteiger partial charge < -0.3 is 9.84 Å². The molecule has 0 aliphatic carbocycles. The average molecular weight is 304 g/mol. The Balaban J connectivity index is 2.15. The van der Waals surface area contributed by atoms with Crippen LogP contribution in [0.25, 0.3) is 0 Å². The predicted octanol–water partition coefficient (Wildman–Crippen LogP) is 4.85. The van der Waals surface area contributed by atoms with E-state index in [-0.39, 0.29) is 0 Å². The maximum atomic E-state index is 11.0. The maximum absolute atomic E-state index is 11.0. The highest BCUT2D eigenvalue weighted by molar-refractivity contribution is 7.14. The standard InChI is InChI=1S/C17H20O3S/c1-4-11(2)14-7-5-6-8-15(14)20-10-13-9-16(17(18)19)21-12(13)3/h5-9,11H,4,10H2,1-3H3,(H,18,19). The van der Waals surface area contributed by atoms with E-state index in [1.165, 1.54) is 16.9 Å². The lowest BCUT2D eigenvalue weighted by Crippen LogP contribution is -2.01. The number of rotatable bonds is 6. The van der Waals surface area contributed by atoms with E-state index < -0.39 is 5.97 Å². The summed E-state index contributed by atoms with van der Waals surface area (Å²) in [6.45, 7) is 6.67. The molecule has 0 aliphatic rings. The fourth-order valence-corrected chi connectivity index (χ4v) is 3.03. The average Bonchev–Trinajstić information content (AvgIpc) is 2.86. The largest absolute Gasteiger partial charge is 0.489 e. The third-order valence-electron chi connectivity index (χ3n) is 3.68. The van der Waals surface area contributed by atoms with Crippen LogP contribution in [-0.4, -0.2) is 11.1 Å². The van der Waals surface area contributed by atoms with Gasteiger partial charge >= 0.3 is 5.97 Å². The number of hydrogen-bond donors (Lipinski definition) is 1. The highest BCUT2D eigenvalue weighted by Gasteiger charge is 2.13. The van der Waals surface area contributed by atoms with Crippen molar-refractivity contribution in [2.24, 2.45) is 0 Å². The minimum absolute atomic E-state index is 0.362. The molecular formula is C17H20O3S. The fraction of sp³-hybridized carbons (Fsp3) is 0.353. The SMILES string of the molecule is CCC(C)c1ccccc1OCc1cc(C(=O)O)sc1C. The molecule has 1 heterocycles. The van der Waals surface area contributed by atoms with Crippen LogP contribution >= 0.6 is 11.3 Å². The number of carbonyl (C=O) groups is 1. The van der Waals surface area contributed by atoms with Gasteiger partial charge in [0.05, 0.1) is 0 Å². The topological polar surface area (TPSA) is 46.5 Å². The van der Waals surface area contributed by atoms with Crippen LogP contribution in [0.15, 0.2) is 30.3 Å². The molecule has 112 valence electrons. The molecule has 4 heteroatoms. The quantitative estimate of drug-likeness (QED) is 0.830. The molecule has 0 bridgehead atoms. The third kappa shape index (κ3) is 3.64. The molecule has 0 radical (unpaired) electrons. The van der Waals surface area contributed by atoms with Crippen molar-refractivity contribution in [2.75, 3.05) is 0 Å². The smallest absolute Gasteiger partial charge is 0.345 e. The van der Waals surface area contributed by atoms with Crippen LogP contribution in [0.5, 0.6) is 5.75 Å². The van der Waals surface area contributed by atoms with Crippen LogP contribution in [0, 0.1) is 6.92 Å². The molecule has 0 saturated heterocycles. The first kappa shape index (κ1) is 15.6. The molecule has 0 spiro atoms. The summed E-state index contributed by atoms with van der Waals surface area (Å²) < 4.78 is 5.93. The van der Waals surface area contributed by atoms with E-state index in [0.717, 1.165) is 22.6 Å². The summed E-state index contributed by atoms with van der Waals surface area (Å²) in [5, 5.41) is 9.03. The Morgan fingerprint density at radius 3 is 2.71 bits per heavy atom. The molecule has 0 fully saturated rings.